The first kappa shape index (κ1) is 16.1. The molecule has 0 bridgehead atoms. The molecule has 0 saturated carbocycles. The van der Waals surface area contributed by atoms with Crippen LogP contribution in [0.2, 0.25) is 5.02 Å². The number of halogens is 2. The number of benzene rings is 2. The maximum absolute atomic E-state index is 12.0. The van der Waals surface area contributed by atoms with Crippen molar-refractivity contribution in [3.8, 4) is 0 Å². The molecule has 0 heterocycles. The molecule has 0 fully saturated rings. The normalized spacial score (nSPS) is 11.8. The zero-order valence-corrected chi connectivity index (χ0v) is 14.3. The van der Waals surface area contributed by atoms with Crippen LogP contribution in [0.5, 0.6) is 0 Å². The summed E-state index contributed by atoms with van der Waals surface area (Å²) in [5, 5.41) is 5.98. The van der Waals surface area contributed by atoms with Crippen LogP contribution in [0.15, 0.2) is 42.5 Å². The van der Waals surface area contributed by atoms with Gasteiger partial charge in [-0.2, -0.15) is 0 Å². The summed E-state index contributed by atoms with van der Waals surface area (Å²) in [5.74, 6) is 0. The Labute approximate surface area is 142 Å². The van der Waals surface area contributed by atoms with Crippen molar-refractivity contribution in [3.63, 3.8) is 0 Å². The number of amides is 2. The summed E-state index contributed by atoms with van der Waals surface area (Å²) >= 11 is 8.24. The van der Waals surface area contributed by atoms with Crippen molar-refractivity contribution in [1.82, 2.24) is 0 Å². The van der Waals surface area contributed by atoms with Crippen LogP contribution < -0.4 is 16.4 Å². The van der Waals surface area contributed by atoms with Gasteiger partial charge >= 0.3 is 6.03 Å². The van der Waals surface area contributed by atoms with E-state index in [4.69, 9.17) is 17.3 Å². The monoisotopic (exact) mass is 415 g/mol. The predicted molar refractivity (Wildman–Crippen MR) is 95.9 cm³/mol. The second-order valence-electron chi connectivity index (χ2n) is 4.62. The highest BCUT2D eigenvalue weighted by Gasteiger charge is 2.07. The van der Waals surface area contributed by atoms with Gasteiger partial charge in [-0.05, 0) is 65.4 Å². The second kappa shape index (κ2) is 7.11. The molecule has 1 atom stereocenters. The smallest absolute Gasteiger partial charge is 0.323 e. The fourth-order valence-corrected chi connectivity index (χ4v) is 2.68. The molecular formula is C15H15ClIN3O. The molecule has 0 aliphatic heterocycles. The molecule has 0 aliphatic rings. The lowest BCUT2D eigenvalue weighted by atomic mass is 10.1. The number of carbonyl (C=O) groups excluding carboxylic acids is 1. The number of hydrogen-bond acceptors (Lipinski definition) is 2. The van der Waals surface area contributed by atoms with Gasteiger partial charge in [-0.3, -0.25) is 0 Å². The van der Waals surface area contributed by atoms with Crippen molar-refractivity contribution >= 4 is 51.6 Å². The van der Waals surface area contributed by atoms with Crippen molar-refractivity contribution in [2.24, 2.45) is 5.73 Å². The number of anilines is 2. The SMILES string of the molecule is CC(N)c1cccc(NC(=O)Nc2ccc(I)cc2Cl)c1. The minimum atomic E-state index is -0.347. The van der Waals surface area contributed by atoms with Crippen molar-refractivity contribution in [1.29, 1.82) is 0 Å². The van der Waals surface area contributed by atoms with E-state index < -0.39 is 0 Å². The molecule has 4 N–H and O–H groups in total. The van der Waals surface area contributed by atoms with E-state index in [1.54, 1.807) is 18.2 Å². The highest BCUT2D eigenvalue weighted by atomic mass is 127. The molecule has 2 rings (SSSR count). The molecule has 0 spiro atoms. The molecule has 4 nitrogen and oxygen atoms in total. The Morgan fingerprint density at radius 1 is 1.24 bits per heavy atom. The number of carbonyl (C=O) groups is 1. The summed E-state index contributed by atoms with van der Waals surface area (Å²) in [6.07, 6.45) is 0. The van der Waals surface area contributed by atoms with Gasteiger partial charge in [-0.25, -0.2) is 4.79 Å². The molecule has 0 radical (unpaired) electrons. The van der Waals surface area contributed by atoms with Crippen molar-refractivity contribution in [2.75, 3.05) is 10.6 Å². The van der Waals surface area contributed by atoms with E-state index in [1.807, 2.05) is 31.2 Å². The van der Waals surface area contributed by atoms with E-state index in [0.29, 0.717) is 16.4 Å². The zero-order chi connectivity index (χ0) is 15.4. The topological polar surface area (TPSA) is 67.1 Å². The van der Waals surface area contributed by atoms with Crippen LogP contribution >= 0.6 is 34.2 Å². The highest BCUT2D eigenvalue weighted by molar-refractivity contribution is 14.1. The largest absolute Gasteiger partial charge is 0.324 e. The lowest BCUT2D eigenvalue weighted by Gasteiger charge is -2.11. The molecule has 21 heavy (non-hydrogen) atoms. The van der Waals surface area contributed by atoms with Gasteiger partial charge in [0.2, 0.25) is 0 Å². The minimum absolute atomic E-state index is 0.0829. The van der Waals surface area contributed by atoms with E-state index in [0.717, 1.165) is 9.13 Å². The Morgan fingerprint density at radius 3 is 2.67 bits per heavy atom. The molecule has 1 unspecified atom stereocenters. The first-order valence-corrected chi connectivity index (χ1v) is 7.80. The molecule has 110 valence electrons. The van der Waals surface area contributed by atoms with Gasteiger partial charge < -0.3 is 16.4 Å². The first-order chi connectivity index (χ1) is 9.95. The summed E-state index contributed by atoms with van der Waals surface area (Å²) in [4.78, 5) is 12.0. The summed E-state index contributed by atoms with van der Waals surface area (Å²) in [6.45, 7) is 1.89. The maximum atomic E-state index is 12.0. The third kappa shape index (κ3) is 4.59. The van der Waals surface area contributed by atoms with Crippen LogP contribution in [-0.4, -0.2) is 6.03 Å². The third-order valence-electron chi connectivity index (χ3n) is 2.85. The Hall–Kier alpha value is -1.31. The average Bonchev–Trinajstić information content (AvgIpc) is 2.42. The Morgan fingerprint density at radius 2 is 2.00 bits per heavy atom. The average molecular weight is 416 g/mol. The van der Waals surface area contributed by atoms with Gasteiger partial charge in [0, 0.05) is 15.3 Å². The van der Waals surface area contributed by atoms with Gasteiger partial charge in [0.15, 0.2) is 0 Å². The maximum Gasteiger partial charge on any atom is 0.323 e. The van der Waals surface area contributed by atoms with E-state index >= 15 is 0 Å². The Bertz CT molecular complexity index is 661. The minimum Gasteiger partial charge on any atom is -0.324 e. The van der Waals surface area contributed by atoms with Crippen molar-refractivity contribution in [3.05, 3.63) is 56.6 Å². The molecule has 0 aromatic heterocycles. The summed E-state index contributed by atoms with van der Waals surface area (Å²) in [6, 6.07) is 12.4. The standard InChI is InChI=1S/C15H15ClIN3O/c1-9(18)10-3-2-4-12(7-10)19-15(21)20-14-6-5-11(17)8-13(14)16/h2-9H,18H2,1H3,(H2,19,20,21). The quantitative estimate of drug-likeness (QED) is 0.641. The summed E-state index contributed by atoms with van der Waals surface area (Å²) < 4.78 is 1.01. The number of rotatable bonds is 3. The van der Waals surface area contributed by atoms with Crippen LogP contribution in [0.3, 0.4) is 0 Å². The van der Waals surface area contributed by atoms with Crippen molar-refractivity contribution in [2.45, 2.75) is 13.0 Å². The summed E-state index contributed by atoms with van der Waals surface area (Å²) in [7, 11) is 0. The number of urea groups is 1. The third-order valence-corrected chi connectivity index (χ3v) is 3.83. The van der Waals surface area contributed by atoms with Crippen molar-refractivity contribution < 1.29 is 4.79 Å². The van der Waals surface area contributed by atoms with Crippen LogP contribution in [0.4, 0.5) is 16.2 Å². The van der Waals surface area contributed by atoms with Crippen LogP contribution in [0, 0.1) is 3.57 Å². The number of nitrogens with two attached hydrogens (primary N) is 1. The number of hydrogen-bond donors (Lipinski definition) is 3. The lowest BCUT2D eigenvalue weighted by molar-refractivity contribution is 0.262. The lowest BCUT2D eigenvalue weighted by Crippen LogP contribution is -2.20. The van der Waals surface area contributed by atoms with Gasteiger partial charge in [0.25, 0.3) is 0 Å². The molecule has 2 amide bonds. The van der Waals surface area contributed by atoms with E-state index in [1.165, 1.54) is 0 Å². The Balaban J connectivity index is 2.06. The van der Waals surface area contributed by atoms with E-state index in [2.05, 4.69) is 33.2 Å². The van der Waals surface area contributed by atoms with Crippen LogP contribution in [0.1, 0.15) is 18.5 Å². The molecule has 2 aromatic carbocycles. The van der Waals surface area contributed by atoms with Gasteiger partial charge in [0.1, 0.15) is 0 Å². The zero-order valence-electron chi connectivity index (χ0n) is 11.4. The Kier molecular flexibility index (Phi) is 5.44. The fraction of sp³-hybridized carbons (Fsp3) is 0.133. The van der Waals surface area contributed by atoms with E-state index in [9.17, 15) is 4.79 Å². The van der Waals surface area contributed by atoms with E-state index in [-0.39, 0.29) is 12.1 Å². The van der Waals surface area contributed by atoms with Crippen LogP contribution in [0.25, 0.3) is 0 Å². The molecule has 0 saturated heterocycles. The number of nitrogens with one attached hydrogen (secondary N) is 2. The van der Waals surface area contributed by atoms with Gasteiger partial charge in [0.05, 0.1) is 10.7 Å². The molecule has 2 aromatic rings. The predicted octanol–water partition coefficient (Wildman–Crippen LogP) is 4.61. The molecule has 6 heteroatoms. The second-order valence-corrected chi connectivity index (χ2v) is 6.27. The molecule has 0 aliphatic carbocycles. The highest BCUT2D eigenvalue weighted by Crippen LogP contribution is 2.24. The summed E-state index contributed by atoms with van der Waals surface area (Å²) in [5.41, 5.74) is 8.03. The van der Waals surface area contributed by atoms with Gasteiger partial charge in [-0.15, -0.1) is 0 Å². The first-order valence-electron chi connectivity index (χ1n) is 6.34. The molecular weight excluding hydrogens is 401 g/mol. The fourth-order valence-electron chi connectivity index (χ4n) is 1.78. The van der Waals surface area contributed by atoms with Crippen LogP contribution in [-0.2, 0) is 0 Å². The van der Waals surface area contributed by atoms with Gasteiger partial charge in [-0.1, -0.05) is 23.7 Å².